The molecule has 4 nitrogen and oxygen atoms in total. The molecule has 3 N–H and O–H groups in total. The molecular weight excluding hydrogens is 258 g/mol. The van der Waals surface area contributed by atoms with E-state index in [0.29, 0.717) is 0 Å². The Morgan fingerprint density at radius 3 is 2.74 bits per heavy atom. The summed E-state index contributed by atoms with van der Waals surface area (Å²) in [5.41, 5.74) is 7.89. The molecule has 1 aliphatic rings. The van der Waals surface area contributed by atoms with Gasteiger partial charge in [0.25, 0.3) is 0 Å². The number of anilines is 1. The number of nitrogens with two attached hydrogens (primary N) is 1. The number of benzene rings is 1. The van der Waals surface area contributed by atoms with Crippen molar-refractivity contribution in [3.05, 3.63) is 23.8 Å². The SMILES string of the molecule is Cc1ccc(SC(C)C(=O)N2CCNCC2)c(N)c1. The molecule has 0 aliphatic carbocycles. The van der Waals surface area contributed by atoms with E-state index in [2.05, 4.69) is 5.32 Å². The molecule has 0 aromatic heterocycles. The molecule has 1 heterocycles. The molecule has 1 saturated heterocycles. The van der Waals surface area contributed by atoms with Crippen molar-refractivity contribution in [1.82, 2.24) is 10.2 Å². The van der Waals surface area contributed by atoms with E-state index in [1.807, 2.05) is 36.9 Å². The predicted octanol–water partition coefficient (Wildman–Crippen LogP) is 1.49. The van der Waals surface area contributed by atoms with Gasteiger partial charge in [-0.25, -0.2) is 0 Å². The highest BCUT2D eigenvalue weighted by atomic mass is 32.2. The highest BCUT2D eigenvalue weighted by Gasteiger charge is 2.23. The standard InChI is InChI=1S/C14H21N3OS/c1-10-3-4-13(12(15)9-10)19-11(2)14(18)17-7-5-16-6-8-17/h3-4,9,11,16H,5-8,15H2,1-2H3. The summed E-state index contributed by atoms with van der Waals surface area (Å²) >= 11 is 1.54. The molecular formula is C14H21N3OS. The molecule has 0 spiro atoms. The van der Waals surface area contributed by atoms with Gasteiger partial charge in [0.2, 0.25) is 5.91 Å². The predicted molar refractivity (Wildman–Crippen MR) is 80.4 cm³/mol. The van der Waals surface area contributed by atoms with Crippen molar-refractivity contribution < 1.29 is 4.79 Å². The van der Waals surface area contributed by atoms with Crippen LogP contribution < -0.4 is 11.1 Å². The Kier molecular flexibility index (Phi) is 4.71. The Morgan fingerprint density at radius 2 is 2.11 bits per heavy atom. The highest BCUT2D eigenvalue weighted by Crippen LogP contribution is 2.30. The summed E-state index contributed by atoms with van der Waals surface area (Å²) in [5, 5.41) is 3.16. The van der Waals surface area contributed by atoms with Crippen LogP contribution in [0.15, 0.2) is 23.1 Å². The number of rotatable bonds is 3. The van der Waals surface area contributed by atoms with Crippen LogP contribution in [0, 0.1) is 6.92 Å². The summed E-state index contributed by atoms with van der Waals surface area (Å²) in [5.74, 6) is 0.200. The average Bonchev–Trinajstić information content (AvgIpc) is 2.42. The Morgan fingerprint density at radius 1 is 1.42 bits per heavy atom. The molecule has 0 bridgehead atoms. The minimum absolute atomic E-state index is 0.0943. The van der Waals surface area contributed by atoms with E-state index in [0.717, 1.165) is 42.3 Å². The lowest BCUT2D eigenvalue weighted by Gasteiger charge is -2.29. The zero-order valence-electron chi connectivity index (χ0n) is 11.5. The van der Waals surface area contributed by atoms with Crippen LogP contribution in [-0.4, -0.2) is 42.2 Å². The van der Waals surface area contributed by atoms with E-state index in [-0.39, 0.29) is 11.2 Å². The number of hydrogen-bond donors (Lipinski definition) is 2. The maximum absolute atomic E-state index is 12.3. The van der Waals surface area contributed by atoms with Crippen LogP contribution in [-0.2, 0) is 4.79 Å². The van der Waals surface area contributed by atoms with Gasteiger partial charge in [0, 0.05) is 36.8 Å². The summed E-state index contributed by atoms with van der Waals surface area (Å²) in [7, 11) is 0. The number of nitrogens with one attached hydrogen (secondary N) is 1. The quantitative estimate of drug-likeness (QED) is 0.650. The fourth-order valence-corrected chi connectivity index (χ4v) is 3.13. The number of thioether (sulfide) groups is 1. The second-order valence-corrected chi connectivity index (χ2v) is 6.26. The van der Waals surface area contributed by atoms with Gasteiger partial charge in [0.1, 0.15) is 0 Å². The van der Waals surface area contributed by atoms with Crippen molar-refractivity contribution >= 4 is 23.4 Å². The highest BCUT2D eigenvalue weighted by molar-refractivity contribution is 8.00. The van der Waals surface area contributed by atoms with Crippen molar-refractivity contribution in [2.75, 3.05) is 31.9 Å². The number of carbonyl (C=O) groups is 1. The van der Waals surface area contributed by atoms with E-state index in [1.165, 1.54) is 0 Å². The molecule has 1 amide bonds. The lowest BCUT2D eigenvalue weighted by molar-refractivity contribution is -0.130. The number of nitrogen functional groups attached to an aromatic ring is 1. The number of nitrogens with zero attached hydrogens (tertiary/aromatic N) is 1. The topological polar surface area (TPSA) is 58.4 Å². The second-order valence-electron chi connectivity index (χ2n) is 4.88. The van der Waals surface area contributed by atoms with Crippen LogP contribution in [0.25, 0.3) is 0 Å². The van der Waals surface area contributed by atoms with E-state index >= 15 is 0 Å². The van der Waals surface area contributed by atoms with Crippen molar-refractivity contribution in [3.8, 4) is 0 Å². The fraction of sp³-hybridized carbons (Fsp3) is 0.500. The van der Waals surface area contributed by atoms with E-state index in [1.54, 1.807) is 11.8 Å². The molecule has 1 atom stereocenters. The first-order valence-corrected chi connectivity index (χ1v) is 7.48. The van der Waals surface area contributed by atoms with Gasteiger partial charge in [-0.05, 0) is 31.5 Å². The van der Waals surface area contributed by atoms with Gasteiger partial charge in [-0.15, -0.1) is 11.8 Å². The van der Waals surface area contributed by atoms with Gasteiger partial charge in [-0.3, -0.25) is 4.79 Å². The molecule has 1 aromatic rings. The molecule has 0 radical (unpaired) electrons. The van der Waals surface area contributed by atoms with Crippen molar-refractivity contribution in [2.24, 2.45) is 0 Å². The van der Waals surface area contributed by atoms with Gasteiger partial charge in [0.05, 0.1) is 5.25 Å². The molecule has 5 heteroatoms. The molecule has 104 valence electrons. The Balaban J connectivity index is 1.99. The molecule has 1 aliphatic heterocycles. The van der Waals surface area contributed by atoms with Crippen molar-refractivity contribution in [2.45, 2.75) is 24.0 Å². The minimum Gasteiger partial charge on any atom is -0.398 e. The number of piperazine rings is 1. The molecule has 19 heavy (non-hydrogen) atoms. The maximum atomic E-state index is 12.3. The van der Waals surface area contributed by atoms with Crippen molar-refractivity contribution in [3.63, 3.8) is 0 Å². The molecule has 0 saturated carbocycles. The van der Waals surface area contributed by atoms with E-state index < -0.39 is 0 Å². The normalized spacial score (nSPS) is 17.3. The first-order chi connectivity index (χ1) is 9.08. The minimum atomic E-state index is -0.0943. The first-order valence-electron chi connectivity index (χ1n) is 6.60. The fourth-order valence-electron chi connectivity index (χ4n) is 2.16. The van der Waals surface area contributed by atoms with Crippen LogP contribution >= 0.6 is 11.8 Å². The van der Waals surface area contributed by atoms with Gasteiger partial charge in [-0.2, -0.15) is 0 Å². The van der Waals surface area contributed by atoms with E-state index in [9.17, 15) is 4.79 Å². The largest absolute Gasteiger partial charge is 0.398 e. The number of amides is 1. The van der Waals surface area contributed by atoms with Gasteiger partial charge >= 0.3 is 0 Å². The maximum Gasteiger partial charge on any atom is 0.235 e. The monoisotopic (exact) mass is 279 g/mol. The third-order valence-corrected chi connectivity index (χ3v) is 4.43. The summed E-state index contributed by atoms with van der Waals surface area (Å²) in [6.45, 7) is 7.33. The molecule has 2 rings (SSSR count). The van der Waals surface area contributed by atoms with Gasteiger partial charge in [-0.1, -0.05) is 6.07 Å². The second kappa shape index (κ2) is 6.30. The smallest absolute Gasteiger partial charge is 0.235 e. The van der Waals surface area contributed by atoms with E-state index in [4.69, 9.17) is 5.73 Å². The lowest BCUT2D eigenvalue weighted by atomic mass is 10.2. The molecule has 1 aromatic carbocycles. The van der Waals surface area contributed by atoms with Crippen LogP contribution in [0.5, 0.6) is 0 Å². The summed E-state index contributed by atoms with van der Waals surface area (Å²) < 4.78 is 0. The summed E-state index contributed by atoms with van der Waals surface area (Å²) in [6, 6.07) is 5.97. The van der Waals surface area contributed by atoms with Gasteiger partial charge < -0.3 is 16.0 Å². The van der Waals surface area contributed by atoms with Crippen LogP contribution in [0.3, 0.4) is 0 Å². The number of carbonyl (C=O) groups excluding carboxylic acids is 1. The third-order valence-electron chi connectivity index (χ3n) is 3.25. The zero-order valence-corrected chi connectivity index (χ0v) is 12.3. The first kappa shape index (κ1) is 14.2. The molecule has 1 unspecified atom stereocenters. The summed E-state index contributed by atoms with van der Waals surface area (Å²) in [4.78, 5) is 15.2. The number of hydrogen-bond acceptors (Lipinski definition) is 4. The molecule has 1 fully saturated rings. The number of aryl methyl sites for hydroxylation is 1. The third kappa shape index (κ3) is 3.64. The van der Waals surface area contributed by atoms with Crippen molar-refractivity contribution in [1.29, 1.82) is 0 Å². The average molecular weight is 279 g/mol. The van der Waals surface area contributed by atoms with Crippen LogP contribution in [0.1, 0.15) is 12.5 Å². The Labute approximate surface area is 118 Å². The van der Waals surface area contributed by atoms with Gasteiger partial charge in [0.15, 0.2) is 0 Å². The van der Waals surface area contributed by atoms with Crippen LogP contribution in [0.2, 0.25) is 0 Å². The summed E-state index contributed by atoms with van der Waals surface area (Å²) in [6.07, 6.45) is 0. The Hall–Kier alpha value is -1.20. The Bertz CT molecular complexity index is 458. The van der Waals surface area contributed by atoms with Crippen LogP contribution in [0.4, 0.5) is 5.69 Å². The zero-order chi connectivity index (χ0) is 13.8. The lowest BCUT2D eigenvalue weighted by Crippen LogP contribution is -2.48.